The van der Waals surface area contributed by atoms with Crippen LogP contribution in [0.4, 0.5) is 5.69 Å². The predicted molar refractivity (Wildman–Crippen MR) is 94.7 cm³/mol. The van der Waals surface area contributed by atoms with Gasteiger partial charge in [-0.15, -0.1) is 11.3 Å². The number of benzene rings is 1. The number of nitrogens with two attached hydrogens (primary N) is 1. The van der Waals surface area contributed by atoms with E-state index < -0.39 is 11.9 Å². The number of carbonyl (C=O) groups is 2. The van der Waals surface area contributed by atoms with Gasteiger partial charge in [-0.3, -0.25) is 14.6 Å². The first kappa shape index (κ1) is 16.2. The summed E-state index contributed by atoms with van der Waals surface area (Å²) >= 11 is 1.60. The first-order valence-electron chi connectivity index (χ1n) is 7.55. The molecule has 0 aliphatic carbocycles. The minimum atomic E-state index is -0.638. The monoisotopic (exact) mass is 342 g/mol. The van der Waals surface area contributed by atoms with Crippen LogP contribution in [0, 0.1) is 0 Å². The second-order valence-electron chi connectivity index (χ2n) is 5.59. The Balaban J connectivity index is 1.80. The van der Waals surface area contributed by atoms with Crippen molar-refractivity contribution in [2.75, 3.05) is 12.1 Å². The molecule has 0 bridgehead atoms. The van der Waals surface area contributed by atoms with E-state index in [0.29, 0.717) is 12.3 Å². The number of thiophene rings is 1. The summed E-state index contributed by atoms with van der Waals surface area (Å²) in [7, 11) is 1.73. The van der Waals surface area contributed by atoms with E-state index in [-0.39, 0.29) is 12.3 Å². The second kappa shape index (κ2) is 6.84. The molecule has 1 aromatic carbocycles. The fourth-order valence-electron chi connectivity index (χ4n) is 2.61. The van der Waals surface area contributed by atoms with Gasteiger partial charge in [-0.2, -0.15) is 5.10 Å². The first-order chi connectivity index (χ1) is 11.6. The third-order valence-electron chi connectivity index (χ3n) is 3.83. The molecule has 0 spiro atoms. The van der Waals surface area contributed by atoms with Crippen LogP contribution in [0.25, 0.3) is 0 Å². The molecule has 0 saturated carbocycles. The van der Waals surface area contributed by atoms with Crippen LogP contribution in [0.3, 0.4) is 0 Å². The van der Waals surface area contributed by atoms with Gasteiger partial charge >= 0.3 is 0 Å². The highest BCUT2D eigenvalue weighted by molar-refractivity contribution is 7.09. The normalized spacial score (nSPS) is 16.8. The van der Waals surface area contributed by atoms with Gasteiger partial charge in [0.1, 0.15) is 11.8 Å². The standard InChI is InChI=1S/C17H18N4O2S/c1-20(11-13-8-5-9-24-13)17(23)14-10-15(16(18)22)21(19-14)12-6-3-2-4-7-12/h2-9,15H,10-11H2,1H3,(H2,18,22). The van der Waals surface area contributed by atoms with Gasteiger partial charge in [-0.1, -0.05) is 24.3 Å². The van der Waals surface area contributed by atoms with Gasteiger partial charge in [0.2, 0.25) is 5.91 Å². The average Bonchev–Trinajstić information content (AvgIpc) is 3.24. The van der Waals surface area contributed by atoms with Crippen molar-refractivity contribution >= 4 is 34.6 Å². The van der Waals surface area contributed by atoms with Gasteiger partial charge in [0.15, 0.2) is 0 Å². The summed E-state index contributed by atoms with van der Waals surface area (Å²) in [5.41, 5.74) is 6.59. The molecule has 3 rings (SSSR count). The lowest BCUT2D eigenvalue weighted by atomic mass is 10.1. The van der Waals surface area contributed by atoms with Crippen LogP contribution in [0.15, 0.2) is 52.9 Å². The predicted octanol–water partition coefficient (Wildman–Crippen LogP) is 1.83. The fraction of sp³-hybridized carbons (Fsp3) is 0.235. The summed E-state index contributed by atoms with van der Waals surface area (Å²) in [6, 6.07) is 12.5. The maximum absolute atomic E-state index is 12.6. The Hall–Kier alpha value is -2.67. The van der Waals surface area contributed by atoms with Crippen molar-refractivity contribution < 1.29 is 9.59 Å². The minimum absolute atomic E-state index is 0.187. The van der Waals surface area contributed by atoms with E-state index in [9.17, 15) is 9.59 Å². The Morgan fingerprint density at radius 2 is 2.04 bits per heavy atom. The van der Waals surface area contributed by atoms with Crippen LogP contribution in [0.2, 0.25) is 0 Å². The van der Waals surface area contributed by atoms with E-state index in [4.69, 9.17) is 5.73 Å². The number of carbonyl (C=O) groups excluding carboxylic acids is 2. The molecule has 6 nitrogen and oxygen atoms in total. The van der Waals surface area contributed by atoms with Crippen molar-refractivity contribution in [1.29, 1.82) is 0 Å². The molecule has 2 N–H and O–H groups in total. The second-order valence-corrected chi connectivity index (χ2v) is 6.62. The van der Waals surface area contributed by atoms with Crippen LogP contribution < -0.4 is 10.7 Å². The number of hydrogen-bond donors (Lipinski definition) is 1. The summed E-state index contributed by atoms with van der Waals surface area (Å²) < 4.78 is 0. The van der Waals surface area contributed by atoms with Gasteiger partial charge < -0.3 is 10.6 Å². The van der Waals surface area contributed by atoms with E-state index in [0.717, 1.165) is 10.6 Å². The molecule has 0 fully saturated rings. The molecule has 2 heterocycles. The van der Waals surface area contributed by atoms with E-state index in [2.05, 4.69) is 5.10 Å². The third kappa shape index (κ3) is 3.30. The van der Waals surface area contributed by atoms with Crippen molar-refractivity contribution in [3.05, 3.63) is 52.7 Å². The summed E-state index contributed by atoms with van der Waals surface area (Å²) in [5, 5.41) is 7.88. The van der Waals surface area contributed by atoms with Crippen molar-refractivity contribution in [3.63, 3.8) is 0 Å². The number of rotatable bonds is 5. The zero-order valence-electron chi connectivity index (χ0n) is 13.3. The molecule has 124 valence electrons. The zero-order valence-corrected chi connectivity index (χ0v) is 14.1. The quantitative estimate of drug-likeness (QED) is 0.900. The number of para-hydroxylation sites is 1. The Morgan fingerprint density at radius 1 is 1.29 bits per heavy atom. The number of hydrazone groups is 1. The molecular weight excluding hydrogens is 324 g/mol. The van der Waals surface area contributed by atoms with Gasteiger partial charge in [0, 0.05) is 18.3 Å². The zero-order chi connectivity index (χ0) is 17.1. The van der Waals surface area contributed by atoms with Crippen molar-refractivity contribution in [2.24, 2.45) is 10.8 Å². The number of primary amides is 1. The lowest BCUT2D eigenvalue weighted by molar-refractivity contribution is -0.123. The van der Waals surface area contributed by atoms with E-state index in [1.807, 2.05) is 47.8 Å². The van der Waals surface area contributed by atoms with Crippen LogP contribution in [-0.2, 0) is 16.1 Å². The molecule has 0 radical (unpaired) electrons. The molecular formula is C17H18N4O2S. The topological polar surface area (TPSA) is 79.0 Å². The molecule has 1 atom stereocenters. The Kier molecular flexibility index (Phi) is 4.61. The maximum atomic E-state index is 12.6. The van der Waals surface area contributed by atoms with E-state index in [1.165, 1.54) is 5.01 Å². The lowest BCUT2D eigenvalue weighted by Crippen LogP contribution is -2.40. The summed E-state index contributed by atoms with van der Waals surface area (Å²) in [6.45, 7) is 0.516. The van der Waals surface area contributed by atoms with Crippen LogP contribution in [0.1, 0.15) is 11.3 Å². The SMILES string of the molecule is CN(Cc1cccs1)C(=O)C1=NN(c2ccccc2)C(C(N)=O)C1. The van der Waals surface area contributed by atoms with Crippen LogP contribution in [0.5, 0.6) is 0 Å². The van der Waals surface area contributed by atoms with Crippen molar-refractivity contribution in [1.82, 2.24) is 4.90 Å². The van der Waals surface area contributed by atoms with Crippen molar-refractivity contribution in [2.45, 2.75) is 19.0 Å². The summed E-state index contributed by atoms with van der Waals surface area (Å²) in [5.74, 6) is -0.681. The largest absolute Gasteiger partial charge is 0.368 e. The Morgan fingerprint density at radius 3 is 2.67 bits per heavy atom. The summed E-state index contributed by atoms with van der Waals surface area (Å²) in [6.07, 6.45) is 0.220. The molecule has 24 heavy (non-hydrogen) atoms. The fourth-order valence-corrected chi connectivity index (χ4v) is 3.37. The first-order valence-corrected chi connectivity index (χ1v) is 8.43. The summed E-state index contributed by atoms with van der Waals surface area (Å²) in [4.78, 5) is 27.1. The smallest absolute Gasteiger partial charge is 0.270 e. The number of nitrogens with zero attached hydrogens (tertiary/aromatic N) is 3. The van der Waals surface area contributed by atoms with Crippen LogP contribution >= 0.6 is 11.3 Å². The van der Waals surface area contributed by atoms with Gasteiger partial charge in [0.25, 0.3) is 5.91 Å². The molecule has 1 aliphatic heterocycles. The van der Waals surface area contributed by atoms with E-state index >= 15 is 0 Å². The number of amides is 2. The molecule has 0 saturated heterocycles. The highest BCUT2D eigenvalue weighted by Gasteiger charge is 2.35. The molecule has 2 amide bonds. The minimum Gasteiger partial charge on any atom is -0.368 e. The molecule has 1 aromatic heterocycles. The van der Waals surface area contributed by atoms with Gasteiger partial charge in [-0.05, 0) is 23.6 Å². The number of hydrogen-bond acceptors (Lipinski definition) is 5. The Bertz CT molecular complexity index is 758. The number of anilines is 1. The lowest BCUT2D eigenvalue weighted by Gasteiger charge is -2.20. The Labute approximate surface area is 144 Å². The van der Waals surface area contributed by atoms with Gasteiger partial charge in [0.05, 0.1) is 12.2 Å². The van der Waals surface area contributed by atoms with Crippen molar-refractivity contribution in [3.8, 4) is 0 Å². The molecule has 1 aliphatic rings. The highest BCUT2D eigenvalue weighted by atomic mass is 32.1. The van der Waals surface area contributed by atoms with E-state index in [1.54, 1.807) is 23.3 Å². The average molecular weight is 342 g/mol. The molecule has 1 unspecified atom stereocenters. The molecule has 2 aromatic rings. The highest BCUT2D eigenvalue weighted by Crippen LogP contribution is 2.25. The van der Waals surface area contributed by atoms with Crippen LogP contribution in [-0.4, -0.2) is 35.5 Å². The van der Waals surface area contributed by atoms with Gasteiger partial charge in [-0.25, -0.2) is 0 Å². The molecule has 7 heteroatoms. The maximum Gasteiger partial charge on any atom is 0.270 e. The third-order valence-corrected chi connectivity index (χ3v) is 4.69.